The molecule has 0 spiro atoms. The van der Waals surface area contributed by atoms with Crippen LogP contribution in [-0.4, -0.2) is 0 Å². The van der Waals surface area contributed by atoms with E-state index >= 15 is 0 Å². The fourth-order valence-corrected chi connectivity index (χ4v) is 3.76. The Kier molecular flexibility index (Phi) is 26.8. The van der Waals surface area contributed by atoms with E-state index in [2.05, 4.69) is 52.0 Å². The summed E-state index contributed by atoms with van der Waals surface area (Å²) < 4.78 is 0. The second kappa shape index (κ2) is 22.9. The Labute approximate surface area is 209 Å². The molecule has 0 bridgehead atoms. The maximum absolute atomic E-state index is 3.42. The Balaban J connectivity index is -0.000000422. The van der Waals surface area contributed by atoms with E-state index in [0.29, 0.717) is 0 Å². The van der Waals surface area contributed by atoms with Crippen LogP contribution in [0.1, 0.15) is 118 Å². The predicted molar refractivity (Wildman–Crippen MR) is 117 cm³/mol. The second-order valence-electron chi connectivity index (χ2n) is 7.51. The van der Waals surface area contributed by atoms with Gasteiger partial charge in [-0.2, -0.15) is 23.3 Å². The fraction of sp³-hybridized carbons (Fsp3) is 0.692. The molecule has 0 saturated heterocycles. The van der Waals surface area contributed by atoms with Crippen molar-refractivity contribution in [1.29, 1.82) is 0 Å². The largest absolute Gasteiger partial charge is 4.00 e. The molecular formula is C26H42Cl2Ti. The molecule has 0 aromatic rings. The summed E-state index contributed by atoms with van der Waals surface area (Å²) >= 11 is 0. The molecule has 0 aromatic carbocycles. The van der Waals surface area contributed by atoms with Gasteiger partial charge >= 0.3 is 21.7 Å². The zero-order valence-corrected chi connectivity index (χ0v) is 22.4. The van der Waals surface area contributed by atoms with Crippen LogP contribution in [0.2, 0.25) is 0 Å². The number of rotatable bonds is 12. The summed E-state index contributed by atoms with van der Waals surface area (Å²) in [5, 5.41) is 0. The van der Waals surface area contributed by atoms with Crippen LogP contribution in [0, 0.1) is 12.2 Å². The third-order valence-corrected chi connectivity index (χ3v) is 5.41. The summed E-state index contributed by atoms with van der Waals surface area (Å²) in [4.78, 5) is 0. The summed E-state index contributed by atoms with van der Waals surface area (Å²) in [5.74, 6) is 0. The van der Waals surface area contributed by atoms with Crippen LogP contribution >= 0.6 is 0 Å². The normalized spacial score (nSPS) is 14.2. The fourth-order valence-electron chi connectivity index (χ4n) is 3.76. The minimum absolute atomic E-state index is 0. The molecule has 0 aromatic heterocycles. The first-order chi connectivity index (χ1) is 12.8. The molecule has 2 aliphatic carbocycles. The molecule has 29 heavy (non-hydrogen) atoms. The van der Waals surface area contributed by atoms with Crippen molar-refractivity contribution in [2.45, 2.75) is 118 Å². The Bertz CT molecular complexity index is 455. The minimum Gasteiger partial charge on any atom is -1.00 e. The SMILES string of the molecule is CCCCCCC1=CC[C-]=C1CC.CCCCCCC1=CC[C-]=C1CC.[Cl-].[Cl-].[Ti+4]. The van der Waals surface area contributed by atoms with Crippen LogP contribution in [0.3, 0.4) is 0 Å². The third-order valence-electron chi connectivity index (χ3n) is 5.41. The molecule has 0 amide bonds. The summed E-state index contributed by atoms with van der Waals surface area (Å²) in [6.07, 6.45) is 29.5. The van der Waals surface area contributed by atoms with E-state index in [9.17, 15) is 0 Å². The number of halogens is 2. The molecule has 3 heteroatoms. The van der Waals surface area contributed by atoms with Gasteiger partial charge in [-0.05, 0) is 0 Å². The van der Waals surface area contributed by atoms with Gasteiger partial charge in [0.25, 0.3) is 0 Å². The molecule has 0 unspecified atom stereocenters. The predicted octanol–water partition coefficient (Wildman–Crippen LogP) is 2.86. The van der Waals surface area contributed by atoms with Gasteiger partial charge < -0.3 is 24.8 Å². The van der Waals surface area contributed by atoms with Crippen molar-refractivity contribution in [3.63, 3.8) is 0 Å². The molecule has 0 saturated carbocycles. The Hall–Kier alpha value is 0.254. The van der Waals surface area contributed by atoms with Crippen LogP contribution in [0.5, 0.6) is 0 Å². The van der Waals surface area contributed by atoms with Gasteiger partial charge in [0.05, 0.1) is 0 Å². The van der Waals surface area contributed by atoms with Crippen LogP contribution in [0.25, 0.3) is 0 Å². The van der Waals surface area contributed by atoms with E-state index in [1.807, 2.05) is 0 Å². The van der Waals surface area contributed by atoms with E-state index in [4.69, 9.17) is 0 Å². The van der Waals surface area contributed by atoms with Gasteiger partial charge in [-0.25, -0.2) is 11.1 Å². The van der Waals surface area contributed by atoms with Gasteiger partial charge in [0, 0.05) is 0 Å². The molecular weight excluding hydrogens is 431 g/mol. The van der Waals surface area contributed by atoms with Crippen molar-refractivity contribution < 1.29 is 46.5 Å². The monoisotopic (exact) mass is 472 g/mol. The van der Waals surface area contributed by atoms with Gasteiger partial charge in [0.2, 0.25) is 0 Å². The molecule has 164 valence electrons. The van der Waals surface area contributed by atoms with Crippen molar-refractivity contribution in [3.8, 4) is 0 Å². The molecule has 2 aliphatic rings. The van der Waals surface area contributed by atoms with Crippen LogP contribution in [0.4, 0.5) is 0 Å². The Morgan fingerprint density at radius 3 is 1.31 bits per heavy atom. The van der Waals surface area contributed by atoms with Crippen LogP contribution < -0.4 is 24.8 Å². The molecule has 0 radical (unpaired) electrons. The van der Waals surface area contributed by atoms with E-state index in [1.54, 1.807) is 11.1 Å². The number of unbranched alkanes of at least 4 members (excludes halogenated alkanes) is 6. The van der Waals surface area contributed by atoms with Crippen molar-refractivity contribution in [2.24, 2.45) is 0 Å². The maximum atomic E-state index is 3.42. The van der Waals surface area contributed by atoms with Crippen LogP contribution in [0.15, 0.2) is 34.4 Å². The second-order valence-corrected chi connectivity index (χ2v) is 7.51. The molecule has 0 nitrogen and oxygen atoms in total. The molecule has 0 aliphatic heterocycles. The van der Waals surface area contributed by atoms with E-state index in [1.165, 1.54) is 88.2 Å². The van der Waals surface area contributed by atoms with Gasteiger partial charge in [-0.3, -0.25) is 12.2 Å². The average molecular weight is 473 g/mol. The van der Waals surface area contributed by atoms with Gasteiger partial charge in [0.1, 0.15) is 0 Å². The Morgan fingerprint density at radius 2 is 1.00 bits per heavy atom. The van der Waals surface area contributed by atoms with Crippen molar-refractivity contribution >= 4 is 0 Å². The first-order valence-corrected chi connectivity index (χ1v) is 11.3. The van der Waals surface area contributed by atoms with Crippen molar-refractivity contribution in [2.75, 3.05) is 0 Å². The maximum Gasteiger partial charge on any atom is 4.00 e. The molecule has 0 fully saturated rings. The van der Waals surface area contributed by atoms with Gasteiger partial charge in [-0.15, -0.1) is 12.8 Å². The zero-order valence-electron chi connectivity index (χ0n) is 19.3. The molecule has 0 atom stereocenters. The van der Waals surface area contributed by atoms with E-state index in [-0.39, 0.29) is 46.5 Å². The van der Waals surface area contributed by atoms with Crippen LogP contribution in [-0.2, 0) is 21.7 Å². The smallest absolute Gasteiger partial charge is 1.00 e. The molecule has 2 rings (SSSR count). The standard InChI is InChI=1S/2C13H21.2ClH.Ti/c2*1-3-5-6-7-9-13-11-8-10-12(13)4-2;;;/h2*11H,3-9H2,1-2H3;2*1H;/q2*-1;;;+4/p-2. The first kappa shape index (κ1) is 33.9. The van der Waals surface area contributed by atoms with Gasteiger partial charge in [0.15, 0.2) is 0 Å². The minimum atomic E-state index is 0. The van der Waals surface area contributed by atoms with E-state index < -0.39 is 0 Å². The average Bonchev–Trinajstić information content (AvgIpc) is 3.31. The summed E-state index contributed by atoms with van der Waals surface area (Å²) in [7, 11) is 0. The van der Waals surface area contributed by atoms with E-state index in [0.717, 1.165) is 12.8 Å². The summed E-state index contributed by atoms with van der Waals surface area (Å²) in [6.45, 7) is 8.99. The molecule has 0 heterocycles. The Morgan fingerprint density at radius 1 is 0.621 bits per heavy atom. The molecule has 0 N–H and O–H groups in total. The topological polar surface area (TPSA) is 0 Å². The number of allylic oxidation sites excluding steroid dienone is 8. The quantitative estimate of drug-likeness (QED) is 0.232. The first-order valence-electron chi connectivity index (χ1n) is 11.3. The zero-order chi connectivity index (χ0) is 19.0. The van der Waals surface area contributed by atoms with Gasteiger partial charge in [-0.1, -0.05) is 105 Å². The van der Waals surface area contributed by atoms with Crippen molar-refractivity contribution in [3.05, 3.63) is 46.6 Å². The number of hydrogen-bond acceptors (Lipinski definition) is 0. The summed E-state index contributed by atoms with van der Waals surface area (Å²) in [5.41, 5.74) is 6.13. The third kappa shape index (κ3) is 14.8. The van der Waals surface area contributed by atoms with Crippen molar-refractivity contribution in [1.82, 2.24) is 0 Å². The number of hydrogen-bond donors (Lipinski definition) is 0. The summed E-state index contributed by atoms with van der Waals surface area (Å²) in [6, 6.07) is 0.